The molecule has 0 aliphatic carbocycles. The molecule has 1 amide bonds. The van der Waals surface area contributed by atoms with Gasteiger partial charge in [-0.25, -0.2) is 18.4 Å². The average Bonchev–Trinajstić information content (AvgIpc) is 2.70. The van der Waals surface area contributed by atoms with E-state index in [1.54, 1.807) is 38.1 Å². The molecule has 3 rings (SSSR count). The first-order chi connectivity index (χ1) is 14.1. The minimum atomic E-state index is -3.75. The van der Waals surface area contributed by atoms with Crippen molar-refractivity contribution in [3.8, 4) is 5.75 Å². The number of benzene rings is 2. The fourth-order valence-corrected chi connectivity index (χ4v) is 3.49. The number of ether oxygens (including phenoxy) is 1. The number of nitrogens with two attached hydrogens (primary N) is 1. The van der Waals surface area contributed by atoms with Crippen molar-refractivity contribution >= 4 is 26.9 Å². The molecule has 2 aromatic carbocycles. The van der Waals surface area contributed by atoms with Crippen LogP contribution >= 0.6 is 0 Å². The highest BCUT2D eigenvalue weighted by Crippen LogP contribution is 2.29. The van der Waals surface area contributed by atoms with Crippen molar-refractivity contribution in [2.75, 3.05) is 6.61 Å². The first-order valence-corrected chi connectivity index (χ1v) is 10.7. The van der Waals surface area contributed by atoms with Gasteiger partial charge in [0.05, 0.1) is 4.90 Å². The summed E-state index contributed by atoms with van der Waals surface area (Å²) in [6, 6.07) is 9.44. The predicted octanol–water partition coefficient (Wildman–Crippen LogP) is 2.06. The highest BCUT2D eigenvalue weighted by atomic mass is 32.2. The summed E-state index contributed by atoms with van der Waals surface area (Å²) >= 11 is 0. The Morgan fingerprint density at radius 3 is 2.33 bits per heavy atom. The fourth-order valence-electron chi connectivity index (χ4n) is 2.97. The molecule has 3 aromatic rings. The van der Waals surface area contributed by atoms with E-state index < -0.39 is 15.6 Å². The zero-order chi connectivity index (χ0) is 22.1. The van der Waals surface area contributed by atoms with Gasteiger partial charge in [-0.3, -0.25) is 4.79 Å². The molecule has 0 saturated heterocycles. The third-order valence-corrected chi connectivity index (χ3v) is 5.85. The lowest BCUT2D eigenvalue weighted by molar-refractivity contribution is -0.123. The molecule has 0 aliphatic rings. The van der Waals surface area contributed by atoms with E-state index in [0.717, 1.165) is 10.9 Å². The fraction of sp³-hybridized carbons (Fsp3) is 0.238. The van der Waals surface area contributed by atoms with Crippen molar-refractivity contribution in [2.24, 2.45) is 5.14 Å². The molecule has 0 spiro atoms. The van der Waals surface area contributed by atoms with Gasteiger partial charge in [-0.1, -0.05) is 12.1 Å². The number of hydrogen-bond acceptors (Lipinski definition) is 6. The van der Waals surface area contributed by atoms with Crippen LogP contribution in [-0.2, 0) is 21.4 Å². The Bertz CT molecular complexity index is 1280. The Kier molecular flexibility index (Phi) is 5.95. The Balaban J connectivity index is 1.65. The minimum Gasteiger partial charge on any atom is -0.483 e. The van der Waals surface area contributed by atoms with Crippen LogP contribution in [0.5, 0.6) is 5.75 Å². The zero-order valence-electron chi connectivity index (χ0n) is 16.8. The van der Waals surface area contributed by atoms with Gasteiger partial charge in [0, 0.05) is 23.1 Å². The maximum absolute atomic E-state index is 12.1. The van der Waals surface area contributed by atoms with Crippen molar-refractivity contribution < 1.29 is 22.4 Å². The molecule has 9 heteroatoms. The molecule has 0 radical (unpaired) electrons. The van der Waals surface area contributed by atoms with E-state index in [0.29, 0.717) is 28.0 Å². The standard InChI is InChI=1S/C21H22N2O6S/c1-12-13(2)21(25)29-20-14(3)18(9-8-17(12)20)28-11-19(24)23-10-15-4-6-16(7-5-15)30(22,26)27/h4-9H,10-11H2,1-3H3,(H,23,24)(H2,22,26,27). The highest BCUT2D eigenvalue weighted by Gasteiger charge is 2.14. The van der Waals surface area contributed by atoms with E-state index in [4.69, 9.17) is 14.3 Å². The maximum atomic E-state index is 12.1. The van der Waals surface area contributed by atoms with E-state index in [1.807, 2.05) is 6.92 Å². The Morgan fingerprint density at radius 1 is 1.03 bits per heavy atom. The van der Waals surface area contributed by atoms with E-state index in [-0.39, 0.29) is 24.0 Å². The van der Waals surface area contributed by atoms with Crippen molar-refractivity contribution in [3.63, 3.8) is 0 Å². The number of carbonyl (C=O) groups is 1. The topological polar surface area (TPSA) is 129 Å². The molecule has 158 valence electrons. The molecule has 0 aliphatic heterocycles. The number of hydrogen-bond donors (Lipinski definition) is 2. The number of nitrogens with one attached hydrogen (secondary N) is 1. The van der Waals surface area contributed by atoms with Crippen LogP contribution in [0.2, 0.25) is 0 Å². The van der Waals surface area contributed by atoms with Gasteiger partial charge in [-0.2, -0.15) is 0 Å². The number of aryl methyl sites for hydroxylation is 2. The largest absolute Gasteiger partial charge is 0.483 e. The van der Waals surface area contributed by atoms with Gasteiger partial charge in [0.1, 0.15) is 11.3 Å². The molecule has 0 fully saturated rings. The van der Waals surface area contributed by atoms with Crippen LogP contribution in [0.4, 0.5) is 0 Å². The second-order valence-electron chi connectivity index (χ2n) is 6.96. The van der Waals surface area contributed by atoms with Crippen LogP contribution < -0.4 is 20.8 Å². The minimum absolute atomic E-state index is 0.00442. The third kappa shape index (κ3) is 4.52. The molecular formula is C21H22N2O6S. The zero-order valence-corrected chi connectivity index (χ0v) is 17.6. The molecule has 1 heterocycles. The average molecular weight is 430 g/mol. The van der Waals surface area contributed by atoms with E-state index in [9.17, 15) is 18.0 Å². The molecule has 0 bridgehead atoms. The smallest absolute Gasteiger partial charge is 0.339 e. The van der Waals surface area contributed by atoms with Crippen molar-refractivity contribution in [1.82, 2.24) is 5.32 Å². The van der Waals surface area contributed by atoms with Gasteiger partial charge < -0.3 is 14.5 Å². The monoisotopic (exact) mass is 430 g/mol. The number of primary sulfonamides is 1. The van der Waals surface area contributed by atoms with Gasteiger partial charge in [0.25, 0.3) is 5.91 Å². The summed E-state index contributed by atoms with van der Waals surface area (Å²) in [6.45, 7) is 5.32. The second-order valence-corrected chi connectivity index (χ2v) is 8.52. The van der Waals surface area contributed by atoms with Gasteiger partial charge in [0.2, 0.25) is 10.0 Å². The van der Waals surface area contributed by atoms with Crippen LogP contribution in [0.1, 0.15) is 22.3 Å². The lowest BCUT2D eigenvalue weighted by Gasteiger charge is -2.12. The van der Waals surface area contributed by atoms with Gasteiger partial charge in [0.15, 0.2) is 6.61 Å². The van der Waals surface area contributed by atoms with Crippen LogP contribution in [0.3, 0.4) is 0 Å². The Hall–Kier alpha value is -3.17. The number of carbonyl (C=O) groups excluding carboxylic acids is 1. The predicted molar refractivity (Wildman–Crippen MR) is 112 cm³/mol. The van der Waals surface area contributed by atoms with Crippen LogP contribution in [0.15, 0.2) is 50.5 Å². The van der Waals surface area contributed by atoms with Crippen molar-refractivity contribution in [1.29, 1.82) is 0 Å². The second kappa shape index (κ2) is 8.29. The molecule has 0 saturated carbocycles. The number of fused-ring (bicyclic) bond motifs is 1. The van der Waals surface area contributed by atoms with Crippen LogP contribution in [0, 0.1) is 20.8 Å². The highest BCUT2D eigenvalue weighted by molar-refractivity contribution is 7.89. The van der Waals surface area contributed by atoms with Crippen LogP contribution in [0.25, 0.3) is 11.0 Å². The third-order valence-electron chi connectivity index (χ3n) is 4.92. The molecule has 8 nitrogen and oxygen atoms in total. The summed E-state index contributed by atoms with van der Waals surface area (Å²) in [5.74, 6) is 0.0908. The van der Waals surface area contributed by atoms with E-state index in [2.05, 4.69) is 5.32 Å². The SMILES string of the molecule is Cc1c(C)c2ccc(OCC(=O)NCc3ccc(S(N)(=O)=O)cc3)c(C)c2oc1=O. The first kappa shape index (κ1) is 21.5. The Morgan fingerprint density at radius 2 is 1.70 bits per heavy atom. The summed E-state index contributed by atoms with van der Waals surface area (Å²) in [7, 11) is -3.75. The Labute approximate surface area is 173 Å². The lowest BCUT2D eigenvalue weighted by Crippen LogP contribution is -2.28. The molecular weight excluding hydrogens is 408 g/mol. The summed E-state index contributed by atoms with van der Waals surface area (Å²) in [4.78, 5) is 24.1. The lowest BCUT2D eigenvalue weighted by atomic mass is 10.0. The number of rotatable bonds is 6. The van der Waals surface area contributed by atoms with E-state index >= 15 is 0 Å². The summed E-state index contributed by atoms with van der Waals surface area (Å²) < 4.78 is 33.5. The molecule has 3 N–H and O–H groups in total. The summed E-state index contributed by atoms with van der Waals surface area (Å²) in [5, 5.41) is 8.57. The molecule has 0 atom stereocenters. The molecule has 30 heavy (non-hydrogen) atoms. The quantitative estimate of drug-likeness (QED) is 0.576. The van der Waals surface area contributed by atoms with Crippen molar-refractivity contribution in [2.45, 2.75) is 32.2 Å². The number of sulfonamides is 1. The summed E-state index contributed by atoms with van der Waals surface area (Å²) in [5.41, 5.74) is 2.81. The molecule has 0 unspecified atom stereocenters. The van der Waals surface area contributed by atoms with Gasteiger partial charge in [-0.15, -0.1) is 0 Å². The van der Waals surface area contributed by atoms with Gasteiger partial charge in [-0.05, 0) is 56.2 Å². The summed E-state index contributed by atoms with van der Waals surface area (Å²) in [6.07, 6.45) is 0. The molecule has 1 aromatic heterocycles. The van der Waals surface area contributed by atoms with Gasteiger partial charge >= 0.3 is 5.63 Å². The van der Waals surface area contributed by atoms with E-state index in [1.165, 1.54) is 12.1 Å². The number of amides is 1. The maximum Gasteiger partial charge on any atom is 0.339 e. The van der Waals surface area contributed by atoms with Crippen LogP contribution in [-0.4, -0.2) is 20.9 Å². The normalized spacial score (nSPS) is 11.5. The van der Waals surface area contributed by atoms with Crippen molar-refractivity contribution in [3.05, 3.63) is 69.1 Å². The first-order valence-electron chi connectivity index (χ1n) is 9.13.